The Morgan fingerprint density at radius 3 is 3.00 bits per heavy atom. The van der Waals surface area contributed by atoms with Crippen molar-refractivity contribution in [2.24, 2.45) is 0 Å². The van der Waals surface area contributed by atoms with Gasteiger partial charge in [0.2, 0.25) is 0 Å². The highest BCUT2D eigenvalue weighted by Gasteiger charge is 2.08. The molecule has 0 saturated heterocycles. The van der Waals surface area contributed by atoms with Crippen LogP contribution in [0.4, 0.5) is 5.69 Å². The molecule has 2 aromatic rings. The molecule has 0 spiro atoms. The lowest BCUT2D eigenvalue weighted by atomic mass is 10.2. The molecule has 0 aliphatic rings. The molecule has 16 heavy (non-hydrogen) atoms. The van der Waals surface area contributed by atoms with Crippen molar-refractivity contribution < 1.29 is 0 Å². The van der Waals surface area contributed by atoms with Gasteiger partial charge in [0, 0.05) is 11.1 Å². The first-order valence-corrected chi connectivity index (χ1v) is 5.84. The number of hydrogen-bond acceptors (Lipinski definition) is 4. The molecule has 2 rings (SSSR count). The minimum absolute atomic E-state index is 0.191. The van der Waals surface area contributed by atoms with Crippen LogP contribution in [0.5, 0.6) is 0 Å². The number of nitrogens with zero attached hydrogens (tertiary/aromatic N) is 2. The topological polar surface area (TPSA) is 48.7 Å². The lowest BCUT2D eigenvalue weighted by Crippen LogP contribution is -2.06. The molecule has 0 aliphatic carbocycles. The van der Waals surface area contributed by atoms with Crippen LogP contribution in [-0.4, -0.2) is 4.98 Å². The van der Waals surface area contributed by atoms with Gasteiger partial charge in [-0.15, -0.1) is 11.3 Å². The minimum atomic E-state index is 0.191. The van der Waals surface area contributed by atoms with E-state index < -0.39 is 0 Å². The molecular formula is C12H11N3S. The van der Waals surface area contributed by atoms with Crippen LogP contribution in [0.15, 0.2) is 35.8 Å². The summed E-state index contributed by atoms with van der Waals surface area (Å²) in [5.41, 5.74) is 1.22. The Morgan fingerprint density at radius 2 is 2.31 bits per heavy atom. The SMILES string of the molecule is CC(Nc1cccnc1C#N)c1cccs1. The van der Waals surface area contributed by atoms with E-state index in [1.54, 1.807) is 17.5 Å². The van der Waals surface area contributed by atoms with E-state index in [0.717, 1.165) is 5.69 Å². The highest BCUT2D eigenvalue weighted by Crippen LogP contribution is 2.23. The van der Waals surface area contributed by atoms with Gasteiger partial charge < -0.3 is 5.32 Å². The molecule has 1 N–H and O–H groups in total. The highest BCUT2D eigenvalue weighted by atomic mass is 32.1. The maximum Gasteiger partial charge on any atom is 0.163 e. The highest BCUT2D eigenvalue weighted by molar-refractivity contribution is 7.10. The number of thiophene rings is 1. The van der Waals surface area contributed by atoms with E-state index in [9.17, 15) is 0 Å². The lowest BCUT2D eigenvalue weighted by Gasteiger charge is -2.13. The first kappa shape index (κ1) is 10.7. The Balaban J connectivity index is 2.19. The second kappa shape index (κ2) is 4.77. The third kappa shape index (κ3) is 2.20. The largest absolute Gasteiger partial charge is 0.375 e. The number of anilines is 1. The van der Waals surface area contributed by atoms with Crippen molar-refractivity contribution >= 4 is 17.0 Å². The van der Waals surface area contributed by atoms with Crippen LogP contribution in [0.1, 0.15) is 23.5 Å². The zero-order valence-corrected chi connectivity index (χ0v) is 9.66. The van der Waals surface area contributed by atoms with Gasteiger partial charge in [-0.1, -0.05) is 6.07 Å². The number of nitrogens with one attached hydrogen (secondary N) is 1. The molecule has 2 heterocycles. The molecule has 1 unspecified atom stereocenters. The number of pyridine rings is 1. The molecular weight excluding hydrogens is 218 g/mol. The molecule has 3 nitrogen and oxygen atoms in total. The molecule has 0 saturated carbocycles. The Kier molecular flexibility index (Phi) is 3.18. The Labute approximate surface area is 98.4 Å². The molecule has 0 bridgehead atoms. The van der Waals surface area contributed by atoms with Crippen molar-refractivity contribution in [2.75, 3.05) is 5.32 Å². The van der Waals surface area contributed by atoms with Crippen LogP contribution >= 0.6 is 11.3 Å². The Morgan fingerprint density at radius 1 is 1.44 bits per heavy atom. The number of nitriles is 1. The van der Waals surface area contributed by atoms with Crippen molar-refractivity contribution in [2.45, 2.75) is 13.0 Å². The van der Waals surface area contributed by atoms with Gasteiger partial charge in [-0.25, -0.2) is 4.98 Å². The molecule has 0 amide bonds. The summed E-state index contributed by atoms with van der Waals surface area (Å²) in [6, 6.07) is 10.1. The van der Waals surface area contributed by atoms with Crippen LogP contribution in [0.2, 0.25) is 0 Å². The fraction of sp³-hybridized carbons (Fsp3) is 0.167. The van der Waals surface area contributed by atoms with Crippen LogP contribution in [0, 0.1) is 11.3 Å². The standard InChI is InChI=1S/C12H11N3S/c1-9(12-5-3-7-16-12)15-10-4-2-6-14-11(10)8-13/h2-7,9,15H,1H3. The first-order chi connectivity index (χ1) is 7.81. The summed E-state index contributed by atoms with van der Waals surface area (Å²) in [6.07, 6.45) is 1.62. The van der Waals surface area contributed by atoms with Crippen molar-refractivity contribution in [1.82, 2.24) is 4.98 Å². The van der Waals surface area contributed by atoms with Gasteiger partial charge in [0.15, 0.2) is 5.69 Å². The Bertz CT molecular complexity index is 499. The van der Waals surface area contributed by atoms with E-state index in [4.69, 9.17) is 5.26 Å². The molecule has 0 aromatic carbocycles. The quantitative estimate of drug-likeness (QED) is 0.879. The second-order valence-electron chi connectivity index (χ2n) is 3.39. The first-order valence-electron chi connectivity index (χ1n) is 4.96. The second-order valence-corrected chi connectivity index (χ2v) is 4.37. The van der Waals surface area contributed by atoms with Crippen LogP contribution < -0.4 is 5.32 Å². The number of rotatable bonds is 3. The summed E-state index contributed by atoms with van der Waals surface area (Å²) in [6.45, 7) is 2.07. The van der Waals surface area contributed by atoms with E-state index in [1.165, 1.54) is 4.88 Å². The van der Waals surface area contributed by atoms with Gasteiger partial charge in [0.25, 0.3) is 0 Å². The van der Waals surface area contributed by atoms with Crippen molar-refractivity contribution in [3.63, 3.8) is 0 Å². The van der Waals surface area contributed by atoms with Gasteiger partial charge in [0.05, 0.1) is 11.7 Å². The molecule has 1 atom stereocenters. The summed E-state index contributed by atoms with van der Waals surface area (Å²) in [7, 11) is 0. The maximum absolute atomic E-state index is 8.91. The van der Waals surface area contributed by atoms with Crippen molar-refractivity contribution in [3.05, 3.63) is 46.4 Å². The Hall–Kier alpha value is -1.86. The van der Waals surface area contributed by atoms with E-state index in [0.29, 0.717) is 5.69 Å². The van der Waals surface area contributed by atoms with Gasteiger partial charge in [-0.05, 0) is 30.5 Å². The van der Waals surface area contributed by atoms with E-state index >= 15 is 0 Å². The lowest BCUT2D eigenvalue weighted by molar-refractivity contribution is 0.904. The van der Waals surface area contributed by atoms with Gasteiger partial charge in [-0.2, -0.15) is 5.26 Å². The average Bonchev–Trinajstić information content (AvgIpc) is 2.83. The van der Waals surface area contributed by atoms with Crippen LogP contribution in [0.3, 0.4) is 0 Å². The number of aromatic nitrogens is 1. The number of hydrogen-bond donors (Lipinski definition) is 1. The maximum atomic E-state index is 8.91. The third-order valence-electron chi connectivity index (χ3n) is 2.26. The minimum Gasteiger partial charge on any atom is -0.375 e. The summed E-state index contributed by atoms with van der Waals surface area (Å²) in [5.74, 6) is 0. The zero-order chi connectivity index (χ0) is 11.4. The van der Waals surface area contributed by atoms with Crippen molar-refractivity contribution in [3.8, 4) is 6.07 Å². The molecule has 0 aliphatic heterocycles. The van der Waals surface area contributed by atoms with Crippen LogP contribution in [0.25, 0.3) is 0 Å². The zero-order valence-electron chi connectivity index (χ0n) is 8.84. The fourth-order valence-corrected chi connectivity index (χ4v) is 2.19. The summed E-state index contributed by atoms with van der Waals surface area (Å²) >= 11 is 1.70. The summed E-state index contributed by atoms with van der Waals surface area (Å²) < 4.78 is 0. The normalized spacial score (nSPS) is 11.8. The average molecular weight is 229 g/mol. The third-order valence-corrected chi connectivity index (χ3v) is 3.31. The predicted molar refractivity (Wildman–Crippen MR) is 65.3 cm³/mol. The van der Waals surface area contributed by atoms with Gasteiger partial charge >= 0.3 is 0 Å². The molecule has 2 aromatic heterocycles. The molecule has 80 valence electrons. The summed E-state index contributed by atoms with van der Waals surface area (Å²) in [5, 5.41) is 14.2. The van der Waals surface area contributed by atoms with Crippen LogP contribution in [-0.2, 0) is 0 Å². The van der Waals surface area contributed by atoms with Crippen molar-refractivity contribution in [1.29, 1.82) is 5.26 Å². The van der Waals surface area contributed by atoms with Gasteiger partial charge in [0.1, 0.15) is 6.07 Å². The van der Waals surface area contributed by atoms with Gasteiger partial charge in [-0.3, -0.25) is 0 Å². The monoisotopic (exact) mass is 229 g/mol. The smallest absolute Gasteiger partial charge is 0.163 e. The van der Waals surface area contributed by atoms with E-state index in [2.05, 4.69) is 29.4 Å². The van der Waals surface area contributed by atoms with E-state index in [1.807, 2.05) is 23.6 Å². The van der Waals surface area contributed by atoms with E-state index in [-0.39, 0.29) is 6.04 Å². The molecule has 4 heteroatoms. The molecule has 0 fully saturated rings. The fourth-order valence-electron chi connectivity index (χ4n) is 1.45. The molecule has 0 radical (unpaired) electrons. The summed E-state index contributed by atoms with van der Waals surface area (Å²) in [4.78, 5) is 5.25. The predicted octanol–water partition coefficient (Wildman–Crippen LogP) is 3.19.